The maximum absolute atomic E-state index is 13.8. The molecule has 0 bridgehead atoms. The molecule has 0 aromatic heterocycles. The fourth-order valence-electron chi connectivity index (χ4n) is 3.18. The fraction of sp³-hybridized carbons (Fsp3) is 0.350. The highest BCUT2D eigenvalue weighted by Gasteiger charge is 2.30. The molecule has 1 atom stereocenters. The molecule has 0 N–H and O–H groups in total. The van der Waals surface area contributed by atoms with Gasteiger partial charge in [-0.1, -0.05) is 28.1 Å². The number of ether oxygens (including phenoxy) is 2. The predicted molar refractivity (Wildman–Crippen MR) is 101 cm³/mol. The van der Waals surface area contributed by atoms with E-state index < -0.39 is 5.82 Å². The second-order valence-electron chi connectivity index (χ2n) is 6.11. The molecule has 0 radical (unpaired) electrons. The second kappa shape index (κ2) is 8.54. The van der Waals surface area contributed by atoms with Crippen LogP contribution in [0.3, 0.4) is 0 Å². The number of hydrogen-bond donors (Lipinski definition) is 0. The van der Waals surface area contributed by atoms with E-state index in [9.17, 15) is 9.18 Å². The molecule has 4 nitrogen and oxygen atoms in total. The average molecular weight is 422 g/mol. The summed E-state index contributed by atoms with van der Waals surface area (Å²) in [6, 6.07) is 12.4. The van der Waals surface area contributed by atoms with Gasteiger partial charge in [-0.2, -0.15) is 0 Å². The van der Waals surface area contributed by atoms with Crippen LogP contribution in [0.5, 0.6) is 11.5 Å². The summed E-state index contributed by atoms with van der Waals surface area (Å²) in [5, 5.41) is 0. The maximum atomic E-state index is 13.8. The number of hydrogen-bond acceptors (Lipinski definition) is 3. The van der Waals surface area contributed by atoms with Crippen LogP contribution in [0.2, 0.25) is 0 Å². The zero-order valence-electron chi connectivity index (χ0n) is 14.6. The van der Waals surface area contributed by atoms with Gasteiger partial charge in [-0.25, -0.2) is 4.39 Å². The van der Waals surface area contributed by atoms with E-state index in [0.717, 1.165) is 24.2 Å². The largest absolute Gasteiger partial charge is 0.494 e. The van der Waals surface area contributed by atoms with E-state index in [2.05, 4.69) is 15.9 Å². The Balaban J connectivity index is 1.64. The van der Waals surface area contributed by atoms with Crippen LogP contribution in [0.1, 0.15) is 31.4 Å². The van der Waals surface area contributed by atoms with Crippen molar-refractivity contribution in [2.75, 3.05) is 19.8 Å². The van der Waals surface area contributed by atoms with Gasteiger partial charge >= 0.3 is 0 Å². The quantitative estimate of drug-likeness (QED) is 0.676. The Hall–Kier alpha value is -2.08. The molecule has 1 aliphatic rings. The number of carbonyl (C=O) groups is 1. The lowest BCUT2D eigenvalue weighted by Gasteiger charge is -2.25. The molecule has 1 saturated heterocycles. The Bertz CT molecular complexity index is 766. The van der Waals surface area contributed by atoms with Crippen LogP contribution in [-0.4, -0.2) is 30.6 Å². The molecule has 2 aromatic rings. The first-order chi connectivity index (χ1) is 12.6. The van der Waals surface area contributed by atoms with Gasteiger partial charge in [0.1, 0.15) is 5.75 Å². The van der Waals surface area contributed by atoms with Gasteiger partial charge < -0.3 is 14.4 Å². The standard InChI is InChI=1S/C20H21BrFNO3/c1-2-25-16-8-5-14(6-9-16)18-4-3-11-23(18)20(24)13-26-19-10-7-15(21)12-17(19)22/h5-10,12,18H,2-4,11,13H2,1H3. The van der Waals surface area contributed by atoms with E-state index in [-0.39, 0.29) is 24.3 Å². The predicted octanol–water partition coefficient (Wildman–Crippen LogP) is 4.73. The van der Waals surface area contributed by atoms with Gasteiger partial charge in [0.25, 0.3) is 5.91 Å². The van der Waals surface area contributed by atoms with Crippen molar-refractivity contribution in [2.24, 2.45) is 0 Å². The summed E-state index contributed by atoms with van der Waals surface area (Å²) in [5.74, 6) is 0.278. The molecule has 26 heavy (non-hydrogen) atoms. The highest BCUT2D eigenvalue weighted by Crippen LogP contribution is 2.33. The van der Waals surface area contributed by atoms with Crippen molar-refractivity contribution in [3.63, 3.8) is 0 Å². The lowest BCUT2D eigenvalue weighted by molar-refractivity contribution is -0.134. The summed E-state index contributed by atoms with van der Waals surface area (Å²) in [6.45, 7) is 3.08. The third-order valence-electron chi connectivity index (χ3n) is 4.39. The Morgan fingerprint density at radius 1 is 1.23 bits per heavy atom. The summed E-state index contributed by atoms with van der Waals surface area (Å²) in [4.78, 5) is 14.4. The lowest BCUT2D eigenvalue weighted by atomic mass is 10.0. The van der Waals surface area contributed by atoms with Crippen molar-refractivity contribution in [2.45, 2.75) is 25.8 Å². The summed E-state index contributed by atoms with van der Waals surface area (Å²) >= 11 is 3.20. The van der Waals surface area contributed by atoms with Crippen molar-refractivity contribution in [3.05, 3.63) is 58.3 Å². The third kappa shape index (κ3) is 4.36. The van der Waals surface area contributed by atoms with Crippen LogP contribution in [0, 0.1) is 5.82 Å². The first kappa shape index (κ1) is 18.7. The summed E-state index contributed by atoms with van der Waals surface area (Å²) in [6.07, 6.45) is 1.85. The van der Waals surface area contributed by atoms with E-state index in [1.807, 2.05) is 36.1 Å². The van der Waals surface area contributed by atoms with Crippen molar-refractivity contribution >= 4 is 21.8 Å². The van der Waals surface area contributed by atoms with Crippen LogP contribution in [0.25, 0.3) is 0 Å². The van der Waals surface area contributed by atoms with Crippen LogP contribution >= 0.6 is 15.9 Å². The minimum atomic E-state index is -0.489. The number of nitrogens with zero attached hydrogens (tertiary/aromatic N) is 1. The molecule has 1 amide bonds. The number of rotatable bonds is 6. The Kier molecular flexibility index (Phi) is 6.14. The smallest absolute Gasteiger partial charge is 0.261 e. The monoisotopic (exact) mass is 421 g/mol. The van der Waals surface area contributed by atoms with E-state index >= 15 is 0 Å². The molecule has 0 spiro atoms. The fourth-order valence-corrected chi connectivity index (χ4v) is 3.51. The van der Waals surface area contributed by atoms with E-state index in [1.165, 1.54) is 12.1 Å². The molecule has 1 heterocycles. The van der Waals surface area contributed by atoms with Crippen molar-refractivity contribution < 1.29 is 18.7 Å². The molecule has 2 aromatic carbocycles. The number of carbonyl (C=O) groups excluding carboxylic acids is 1. The van der Waals surface area contributed by atoms with Crippen molar-refractivity contribution in [1.29, 1.82) is 0 Å². The van der Waals surface area contributed by atoms with Gasteiger partial charge in [0.05, 0.1) is 12.6 Å². The average Bonchev–Trinajstić information content (AvgIpc) is 3.11. The molecule has 6 heteroatoms. The first-order valence-electron chi connectivity index (χ1n) is 8.68. The minimum absolute atomic E-state index is 0.0246. The maximum Gasteiger partial charge on any atom is 0.261 e. The molecular formula is C20H21BrFNO3. The van der Waals surface area contributed by atoms with E-state index in [4.69, 9.17) is 9.47 Å². The Morgan fingerprint density at radius 3 is 2.69 bits per heavy atom. The van der Waals surface area contributed by atoms with Gasteiger partial charge in [0.2, 0.25) is 0 Å². The highest BCUT2D eigenvalue weighted by molar-refractivity contribution is 9.10. The second-order valence-corrected chi connectivity index (χ2v) is 7.03. The SMILES string of the molecule is CCOc1ccc(C2CCCN2C(=O)COc2ccc(Br)cc2F)cc1. The van der Waals surface area contributed by atoms with Crippen molar-refractivity contribution in [1.82, 2.24) is 4.90 Å². The van der Waals surface area contributed by atoms with Gasteiger partial charge in [-0.3, -0.25) is 4.79 Å². The Labute approximate surface area is 161 Å². The highest BCUT2D eigenvalue weighted by atomic mass is 79.9. The van der Waals surface area contributed by atoms with Crippen LogP contribution in [0.15, 0.2) is 46.9 Å². The molecule has 138 valence electrons. The van der Waals surface area contributed by atoms with Crippen molar-refractivity contribution in [3.8, 4) is 11.5 Å². The number of amides is 1. The molecular weight excluding hydrogens is 401 g/mol. The number of benzene rings is 2. The molecule has 1 aliphatic heterocycles. The lowest BCUT2D eigenvalue weighted by Crippen LogP contribution is -2.34. The first-order valence-corrected chi connectivity index (χ1v) is 9.48. The van der Waals surface area contributed by atoms with Gasteiger partial charge in [0, 0.05) is 11.0 Å². The molecule has 1 unspecified atom stereocenters. The topological polar surface area (TPSA) is 38.8 Å². The molecule has 0 aliphatic carbocycles. The van der Waals surface area contributed by atoms with Crippen LogP contribution in [-0.2, 0) is 4.79 Å². The normalized spacial score (nSPS) is 16.6. The number of likely N-dealkylation sites (tertiary alicyclic amines) is 1. The molecule has 0 saturated carbocycles. The van der Waals surface area contributed by atoms with E-state index in [0.29, 0.717) is 17.6 Å². The summed E-state index contributed by atoms with van der Waals surface area (Å²) in [5.41, 5.74) is 1.08. The number of halogens is 2. The van der Waals surface area contributed by atoms with E-state index in [1.54, 1.807) is 6.07 Å². The molecule has 1 fully saturated rings. The zero-order chi connectivity index (χ0) is 18.5. The third-order valence-corrected chi connectivity index (χ3v) is 4.89. The minimum Gasteiger partial charge on any atom is -0.494 e. The van der Waals surface area contributed by atoms with Gasteiger partial charge in [-0.05, 0) is 55.7 Å². The Morgan fingerprint density at radius 2 is 2.00 bits per heavy atom. The van der Waals surface area contributed by atoms with Crippen LogP contribution < -0.4 is 9.47 Å². The summed E-state index contributed by atoms with van der Waals surface area (Å²) < 4.78 is 25.3. The van der Waals surface area contributed by atoms with Gasteiger partial charge in [0.15, 0.2) is 18.2 Å². The van der Waals surface area contributed by atoms with Gasteiger partial charge in [-0.15, -0.1) is 0 Å². The van der Waals surface area contributed by atoms with Crippen LogP contribution in [0.4, 0.5) is 4.39 Å². The summed E-state index contributed by atoms with van der Waals surface area (Å²) in [7, 11) is 0. The molecule has 3 rings (SSSR count). The zero-order valence-corrected chi connectivity index (χ0v) is 16.2.